The second-order valence-corrected chi connectivity index (χ2v) is 3.61. The summed E-state index contributed by atoms with van der Waals surface area (Å²) in [6, 6.07) is 5.09. The Morgan fingerprint density at radius 3 is 2.82 bits per heavy atom. The highest BCUT2D eigenvalue weighted by Crippen LogP contribution is 2.29. The Morgan fingerprint density at radius 1 is 1.41 bits per heavy atom. The van der Waals surface area contributed by atoms with Gasteiger partial charge < -0.3 is 14.2 Å². The maximum Gasteiger partial charge on any atom is 0.347 e. The molecule has 0 amide bonds. The number of hydrogen-bond donors (Lipinski definition) is 0. The van der Waals surface area contributed by atoms with E-state index in [4.69, 9.17) is 9.47 Å². The number of rotatable bonds is 2. The molecule has 0 saturated heterocycles. The normalized spacial score (nSPS) is 18.0. The minimum atomic E-state index is -0.892. The lowest BCUT2D eigenvalue weighted by Gasteiger charge is -2.23. The molecule has 90 valence electrons. The average Bonchev–Trinajstić information content (AvgIpc) is 2.37. The molecule has 0 spiro atoms. The molecular formula is C12H12O5. The zero-order valence-corrected chi connectivity index (χ0v) is 9.56. The van der Waals surface area contributed by atoms with Gasteiger partial charge >= 0.3 is 11.9 Å². The van der Waals surface area contributed by atoms with E-state index in [1.54, 1.807) is 18.2 Å². The average molecular weight is 236 g/mol. The summed E-state index contributed by atoms with van der Waals surface area (Å²) < 4.78 is 14.7. The van der Waals surface area contributed by atoms with Crippen molar-refractivity contribution in [2.24, 2.45) is 0 Å². The molecule has 1 atom stereocenters. The maximum atomic E-state index is 11.7. The number of carbonyl (C=O) groups is 2. The van der Waals surface area contributed by atoms with Crippen molar-refractivity contribution < 1.29 is 23.8 Å². The zero-order chi connectivity index (χ0) is 12.4. The fraction of sp³-hybridized carbons (Fsp3) is 0.333. The number of cyclic esters (lactones) is 1. The number of carbonyl (C=O) groups excluding carboxylic acids is 2. The Hall–Kier alpha value is -2.04. The van der Waals surface area contributed by atoms with Crippen molar-refractivity contribution in [1.82, 2.24) is 0 Å². The lowest BCUT2D eigenvalue weighted by molar-refractivity contribution is -0.151. The molecule has 1 unspecified atom stereocenters. The first kappa shape index (κ1) is 11.4. The molecule has 1 aromatic rings. The van der Waals surface area contributed by atoms with E-state index in [-0.39, 0.29) is 6.42 Å². The van der Waals surface area contributed by atoms with Crippen LogP contribution in [0.25, 0.3) is 0 Å². The van der Waals surface area contributed by atoms with E-state index in [0.717, 1.165) is 0 Å². The van der Waals surface area contributed by atoms with Crippen LogP contribution < -0.4 is 4.74 Å². The molecule has 5 heteroatoms. The molecule has 1 aromatic carbocycles. The summed E-state index contributed by atoms with van der Waals surface area (Å²) in [5.74, 6) is -0.511. The third-order valence-corrected chi connectivity index (χ3v) is 2.68. The standard InChI is InChI=1S/C12H12O5/c1-15-9-5-3-4-7-8(9)6-10(12(14)16-2)17-11(7)13/h3-5,10H,6H2,1-2H3. The number of methoxy groups -OCH3 is 2. The van der Waals surface area contributed by atoms with Crippen molar-refractivity contribution in [2.45, 2.75) is 12.5 Å². The second-order valence-electron chi connectivity index (χ2n) is 3.61. The van der Waals surface area contributed by atoms with Gasteiger partial charge in [0.15, 0.2) is 0 Å². The van der Waals surface area contributed by atoms with Crippen LogP contribution in [0.5, 0.6) is 5.75 Å². The molecule has 17 heavy (non-hydrogen) atoms. The minimum absolute atomic E-state index is 0.276. The summed E-state index contributed by atoms with van der Waals surface area (Å²) in [5.41, 5.74) is 1.12. The Bertz CT molecular complexity index is 466. The van der Waals surface area contributed by atoms with Crippen LogP contribution in [0.1, 0.15) is 15.9 Å². The van der Waals surface area contributed by atoms with Crippen LogP contribution >= 0.6 is 0 Å². The first-order valence-electron chi connectivity index (χ1n) is 5.12. The fourth-order valence-corrected chi connectivity index (χ4v) is 1.84. The van der Waals surface area contributed by atoms with Gasteiger partial charge in [0, 0.05) is 12.0 Å². The molecule has 0 N–H and O–H groups in total. The number of esters is 2. The molecule has 1 heterocycles. The molecule has 0 saturated carbocycles. The zero-order valence-electron chi connectivity index (χ0n) is 9.56. The summed E-state index contributed by atoms with van der Waals surface area (Å²) in [4.78, 5) is 23.1. The topological polar surface area (TPSA) is 61.8 Å². The maximum absolute atomic E-state index is 11.7. The van der Waals surface area contributed by atoms with E-state index in [0.29, 0.717) is 16.9 Å². The highest BCUT2D eigenvalue weighted by atomic mass is 16.6. The number of ether oxygens (including phenoxy) is 3. The van der Waals surface area contributed by atoms with E-state index >= 15 is 0 Å². The van der Waals surface area contributed by atoms with Gasteiger partial charge in [-0.3, -0.25) is 0 Å². The lowest BCUT2D eigenvalue weighted by Crippen LogP contribution is -2.35. The van der Waals surface area contributed by atoms with Crippen LogP contribution in [-0.4, -0.2) is 32.3 Å². The van der Waals surface area contributed by atoms with Gasteiger partial charge in [0.25, 0.3) is 0 Å². The quantitative estimate of drug-likeness (QED) is 0.715. The minimum Gasteiger partial charge on any atom is -0.496 e. The van der Waals surface area contributed by atoms with E-state index in [9.17, 15) is 9.59 Å². The van der Waals surface area contributed by atoms with Crippen molar-refractivity contribution in [3.05, 3.63) is 29.3 Å². The van der Waals surface area contributed by atoms with Gasteiger partial charge in [-0.15, -0.1) is 0 Å². The van der Waals surface area contributed by atoms with Crippen molar-refractivity contribution in [3.63, 3.8) is 0 Å². The SMILES string of the molecule is COC(=O)C1Cc2c(OC)cccc2C(=O)O1. The molecule has 1 aliphatic heterocycles. The van der Waals surface area contributed by atoms with Crippen LogP contribution in [0.3, 0.4) is 0 Å². The van der Waals surface area contributed by atoms with Crippen LogP contribution in [0.4, 0.5) is 0 Å². The van der Waals surface area contributed by atoms with Crippen molar-refractivity contribution >= 4 is 11.9 Å². The van der Waals surface area contributed by atoms with Gasteiger partial charge in [-0.1, -0.05) is 6.07 Å². The Balaban J connectivity index is 2.40. The van der Waals surface area contributed by atoms with Crippen molar-refractivity contribution in [1.29, 1.82) is 0 Å². The fourth-order valence-electron chi connectivity index (χ4n) is 1.84. The van der Waals surface area contributed by atoms with Crippen LogP contribution in [-0.2, 0) is 20.7 Å². The van der Waals surface area contributed by atoms with Gasteiger partial charge in [0.1, 0.15) is 5.75 Å². The molecular weight excluding hydrogens is 224 g/mol. The molecule has 1 aliphatic rings. The molecule has 0 radical (unpaired) electrons. The molecule has 0 fully saturated rings. The van der Waals surface area contributed by atoms with Crippen LogP contribution in [0.2, 0.25) is 0 Å². The third kappa shape index (κ3) is 1.95. The number of hydrogen-bond acceptors (Lipinski definition) is 5. The summed E-state index contributed by atoms with van der Waals surface area (Å²) in [6.07, 6.45) is -0.617. The summed E-state index contributed by atoms with van der Waals surface area (Å²) in [5, 5.41) is 0. The molecule has 0 aliphatic carbocycles. The third-order valence-electron chi connectivity index (χ3n) is 2.68. The lowest BCUT2D eigenvalue weighted by atomic mass is 9.97. The first-order valence-corrected chi connectivity index (χ1v) is 5.12. The van der Waals surface area contributed by atoms with Gasteiger partial charge in [0.2, 0.25) is 6.10 Å². The summed E-state index contributed by atoms with van der Waals surface area (Å²) >= 11 is 0. The highest BCUT2D eigenvalue weighted by Gasteiger charge is 2.33. The van der Waals surface area contributed by atoms with E-state index in [2.05, 4.69) is 4.74 Å². The van der Waals surface area contributed by atoms with Gasteiger partial charge in [-0.2, -0.15) is 0 Å². The monoisotopic (exact) mass is 236 g/mol. The smallest absolute Gasteiger partial charge is 0.347 e. The Labute approximate surface area is 98.3 Å². The van der Waals surface area contributed by atoms with Crippen molar-refractivity contribution in [3.8, 4) is 5.75 Å². The van der Waals surface area contributed by atoms with Gasteiger partial charge in [-0.25, -0.2) is 9.59 Å². The van der Waals surface area contributed by atoms with Gasteiger partial charge in [0.05, 0.1) is 19.8 Å². The second kappa shape index (κ2) is 4.45. The highest BCUT2D eigenvalue weighted by molar-refractivity contribution is 5.95. The first-order chi connectivity index (χ1) is 8.17. The predicted molar refractivity (Wildman–Crippen MR) is 57.9 cm³/mol. The number of benzene rings is 1. The van der Waals surface area contributed by atoms with Crippen LogP contribution in [0.15, 0.2) is 18.2 Å². The summed E-state index contributed by atoms with van der Waals surface area (Å²) in [7, 11) is 2.77. The predicted octanol–water partition coefficient (Wildman–Crippen LogP) is 0.950. The number of fused-ring (bicyclic) bond motifs is 1. The van der Waals surface area contributed by atoms with Gasteiger partial charge in [-0.05, 0) is 12.1 Å². The Morgan fingerprint density at radius 2 is 2.18 bits per heavy atom. The molecule has 5 nitrogen and oxygen atoms in total. The van der Waals surface area contributed by atoms with Crippen LogP contribution in [0, 0.1) is 0 Å². The Kier molecular flexibility index (Phi) is 2.99. The molecule has 2 rings (SSSR count). The van der Waals surface area contributed by atoms with E-state index in [1.807, 2.05) is 0 Å². The van der Waals surface area contributed by atoms with E-state index in [1.165, 1.54) is 14.2 Å². The van der Waals surface area contributed by atoms with E-state index < -0.39 is 18.0 Å². The largest absolute Gasteiger partial charge is 0.496 e. The molecule has 0 bridgehead atoms. The summed E-state index contributed by atoms with van der Waals surface area (Å²) in [6.45, 7) is 0. The molecule has 0 aromatic heterocycles. The van der Waals surface area contributed by atoms with Crippen molar-refractivity contribution in [2.75, 3.05) is 14.2 Å².